The van der Waals surface area contributed by atoms with Gasteiger partial charge in [-0.3, -0.25) is 19.7 Å². The molecule has 1 atom stereocenters. The third kappa shape index (κ3) is 4.60. The van der Waals surface area contributed by atoms with Gasteiger partial charge in [-0.1, -0.05) is 13.8 Å². The molecule has 21 heavy (non-hydrogen) atoms. The Kier molecular flexibility index (Phi) is 5.48. The van der Waals surface area contributed by atoms with E-state index in [4.69, 9.17) is 5.11 Å². The lowest BCUT2D eigenvalue weighted by Gasteiger charge is -2.18. The topological polar surface area (TPSA) is 110 Å². The van der Waals surface area contributed by atoms with Crippen molar-refractivity contribution in [2.75, 3.05) is 0 Å². The highest BCUT2D eigenvalue weighted by atomic mass is 19.1. The molecule has 0 aliphatic heterocycles. The van der Waals surface area contributed by atoms with Crippen LogP contribution in [0.5, 0.6) is 0 Å². The Labute approximate surface area is 119 Å². The summed E-state index contributed by atoms with van der Waals surface area (Å²) in [5, 5.41) is 22.3. The summed E-state index contributed by atoms with van der Waals surface area (Å²) in [6.45, 7) is 3.46. The minimum Gasteiger partial charge on any atom is -0.481 e. The Morgan fingerprint density at radius 2 is 2.05 bits per heavy atom. The zero-order valence-corrected chi connectivity index (χ0v) is 11.5. The van der Waals surface area contributed by atoms with Crippen molar-refractivity contribution in [3.05, 3.63) is 39.7 Å². The second-order valence-electron chi connectivity index (χ2n) is 4.76. The van der Waals surface area contributed by atoms with Crippen LogP contribution in [0.15, 0.2) is 18.2 Å². The quantitative estimate of drug-likeness (QED) is 0.451. The van der Waals surface area contributed by atoms with Crippen LogP contribution >= 0.6 is 0 Å². The fourth-order valence-electron chi connectivity index (χ4n) is 1.81. The molecule has 0 aromatic heterocycles. The maximum absolute atomic E-state index is 13.2. The smallest absolute Gasteiger partial charge is 0.305 e. The molecule has 1 unspecified atom stereocenters. The highest BCUT2D eigenvalue weighted by Crippen LogP contribution is 2.20. The van der Waals surface area contributed by atoms with Gasteiger partial charge in [-0.2, -0.15) is 4.39 Å². The molecule has 0 heterocycles. The molecule has 0 spiro atoms. The van der Waals surface area contributed by atoms with Gasteiger partial charge in [0.2, 0.25) is 5.82 Å². The SMILES string of the molecule is CC(C)NC(CC(=O)O)C(=O)c1ccc(F)c([N+](=O)[O-])c1. The summed E-state index contributed by atoms with van der Waals surface area (Å²) in [4.78, 5) is 32.8. The number of aliphatic carboxylic acids is 1. The second kappa shape index (κ2) is 6.89. The van der Waals surface area contributed by atoms with Crippen molar-refractivity contribution < 1.29 is 24.0 Å². The Morgan fingerprint density at radius 1 is 1.43 bits per heavy atom. The molecular formula is C13H15FN2O5. The lowest BCUT2D eigenvalue weighted by Crippen LogP contribution is -2.42. The molecule has 8 heteroatoms. The average Bonchev–Trinajstić information content (AvgIpc) is 2.36. The largest absolute Gasteiger partial charge is 0.481 e. The molecule has 7 nitrogen and oxygen atoms in total. The van der Waals surface area contributed by atoms with Gasteiger partial charge in [0.25, 0.3) is 0 Å². The maximum atomic E-state index is 13.2. The number of carbonyl (C=O) groups is 2. The fourth-order valence-corrected chi connectivity index (χ4v) is 1.81. The second-order valence-corrected chi connectivity index (χ2v) is 4.76. The van der Waals surface area contributed by atoms with E-state index in [1.807, 2.05) is 0 Å². The van der Waals surface area contributed by atoms with Crippen LogP contribution in [-0.2, 0) is 4.79 Å². The number of Topliss-reactive ketones (excluding diaryl/α,β-unsaturated/α-hetero) is 1. The van der Waals surface area contributed by atoms with Crippen molar-refractivity contribution >= 4 is 17.4 Å². The van der Waals surface area contributed by atoms with Crippen molar-refractivity contribution in [3.8, 4) is 0 Å². The summed E-state index contributed by atoms with van der Waals surface area (Å²) in [5.74, 6) is -2.87. The van der Waals surface area contributed by atoms with Crippen molar-refractivity contribution in [2.24, 2.45) is 0 Å². The molecule has 0 fully saturated rings. The van der Waals surface area contributed by atoms with Gasteiger partial charge in [0.15, 0.2) is 5.78 Å². The number of nitro benzene ring substituents is 1. The van der Waals surface area contributed by atoms with Crippen LogP contribution in [0.25, 0.3) is 0 Å². The predicted octanol–water partition coefficient (Wildman–Crippen LogP) is 1.76. The number of nitrogens with one attached hydrogen (secondary N) is 1. The molecule has 0 radical (unpaired) electrons. The Morgan fingerprint density at radius 3 is 2.52 bits per heavy atom. The third-order valence-electron chi connectivity index (χ3n) is 2.66. The van der Waals surface area contributed by atoms with E-state index in [-0.39, 0.29) is 11.6 Å². The molecule has 0 aliphatic carbocycles. The highest BCUT2D eigenvalue weighted by molar-refractivity contribution is 6.02. The number of rotatable bonds is 7. The van der Waals surface area contributed by atoms with Crippen LogP contribution in [0, 0.1) is 15.9 Å². The van der Waals surface area contributed by atoms with Gasteiger partial charge in [-0.15, -0.1) is 0 Å². The normalized spacial score (nSPS) is 12.2. The van der Waals surface area contributed by atoms with E-state index in [2.05, 4.69) is 5.32 Å². The molecule has 2 N–H and O–H groups in total. The molecule has 0 saturated carbocycles. The summed E-state index contributed by atoms with van der Waals surface area (Å²) >= 11 is 0. The summed E-state index contributed by atoms with van der Waals surface area (Å²) in [6, 6.07) is 1.54. The van der Waals surface area contributed by atoms with Crippen LogP contribution in [-0.4, -0.2) is 33.9 Å². The number of hydrogen-bond acceptors (Lipinski definition) is 5. The van der Waals surface area contributed by atoms with Crippen LogP contribution in [0.4, 0.5) is 10.1 Å². The number of hydrogen-bond donors (Lipinski definition) is 2. The Hall–Kier alpha value is -2.35. The fraction of sp³-hybridized carbons (Fsp3) is 0.385. The number of carbonyl (C=O) groups excluding carboxylic acids is 1. The molecule has 0 saturated heterocycles. The number of carboxylic acids is 1. The number of halogens is 1. The van der Waals surface area contributed by atoms with Crippen LogP contribution in [0.2, 0.25) is 0 Å². The highest BCUT2D eigenvalue weighted by Gasteiger charge is 2.26. The average molecular weight is 298 g/mol. The van der Waals surface area contributed by atoms with E-state index in [0.717, 1.165) is 18.2 Å². The summed E-state index contributed by atoms with van der Waals surface area (Å²) in [6.07, 6.45) is -0.470. The molecule has 114 valence electrons. The van der Waals surface area contributed by atoms with E-state index in [9.17, 15) is 24.1 Å². The molecule has 0 aliphatic rings. The van der Waals surface area contributed by atoms with E-state index < -0.39 is 40.6 Å². The van der Waals surface area contributed by atoms with Crippen LogP contribution < -0.4 is 5.32 Å². The Bertz CT molecular complexity index is 574. The number of nitrogens with zero attached hydrogens (tertiary/aromatic N) is 1. The van der Waals surface area contributed by atoms with Crippen LogP contribution in [0.3, 0.4) is 0 Å². The van der Waals surface area contributed by atoms with E-state index >= 15 is 0 Å². The van der Waals surface area contributed by atoms with Crippen molar-refractivity contribution in [1.82, 2.24) is 5.32 Å². The lowest BCUT2D eigenvalue weighted by molar-refractivity contribution is -0.387. The summed E-state index contributed by atoms with van der Waals surface area (Å²) < 4.78 is 13.2. The van der Waals surface area contributed by atoms with E-state index in [0.29, 0.717) is 0 Å². The summed E-state index contributed by atoms with van der Waals surface area (Å²) in [5.41, 5.74) is -0.929. The van der Waals surface area contributed by atoms with Gasteiger partial charge < -0.3 is 10.4 Å². The van der Waals surface area contributed by atoms with Crippen molar-refractivity contribution in [2.45, 2.75) is 32.4 Å². The predicted molar refractivity (Wildman–Crippen MR) is 71.7 cm³/mol. The zero-order chi connectivity index (χ0) is 16.2. The monoisotopic (exact) mass is 298 g/mol. The molecule has 1 aromatic rings. The first-order valence-corrected chi connectivity index (χ1v) is 6.18. The van der Waals surface area contributed by atoms with Crippen molar-refractivity contribution in [1.29, 1.82) is 0 Å². The van der Waals surface area contributed by atoms with Crippen LogP contribution in [0.1, 0.15) is 30.6 Å². The number of benzene rings is 1. The maximum Gasteiger partial charge on any atom is 0.305 e. The van der Waals surface area contributed by atoms with Gasteiger partial charge in [-0.05, 0) is 12.1 Å². The zero-order valence-electron chi connectivity index (χ0n) is 11.5. The van der Waals surface area contributed by atoms with Gasteiger partial charge in [0, 0.05) is 17.7 Å². The molecule has 1 aromatic carbocycles. The minimum absolute atomic E-state index is 0.109. The third-order valence-corrected chi connectivity index (χ3v) is 2.66. The molecular weight excluding hydrogens is 283 g/mol. The van der Waals surface area contributed by atoms with Crippen molar-refractivity contribution in [3.63, 3.8) is 0 Å². The number of nitro groups is 1. The number of carboxylic acid groups (broad SMARTS) is 1. The van der Waals surface area contributed by atoms with Gasteiger partial charge in [0.1, 0.15) is 0 Å². The molecule has 0 bridgehead atoms. The minimum atomic E-state index is -1.18. The number of ketones is 1. The van der Waals surface area contributed by atoms with E-state index in [1.54, 1.807) is 13.8 Å². The standard InChI is InChI=1S/C13H15FN2O5/c1-7(2)15-10(6-12(17)18)13(19)8-3-4-9(14)11(5-8)16(20)21/h3-5,7,10,15H,6H2,1-2H3,(H,17,18). The molecule has 0 amide bonds. The van der Waals surface area contributed by atoms with Gasteiger partial charge in [-0.25, -0.2) is 0 Å². The molecule has 1 rings (SSSR count). The first-order chi connectivity index (χ1) is 9.72. The summed E-state index contributed by atoms with van der Waals surface area (Å²) in [7, 11) is 0. The lowest BCUT2D eigenvalue weighted by atomic mass is 10.00. The first kappa shape index (κ1) is 16.7. The first-order valence-electron chi connectivity index (χ1n) is 6.18. The Balaban J connectivity index is 3.11. The van der Waals surface area contributed by atoms with Gasteiger partial charge >= 0.3 is 11.7 Å². The van der Waals surface area contributed by atoms with Gasteiger partial charge in [0.05, 0.1) is 17.4 Å². The van der Waals surface area contributed by atoms with E-state index in [1.165, 1.54) is 0 Å².